The zero-order valence-corrected chi connectivity index (χ0v) is 19.5. The molecule has 3 aromatic carbocycles. The third-order valence-corrected chi connectivity index (χ3v) is 6.12. The first kappa shape index (κ1) is 25.0. The molecule has 0 N–H and O–H groups in total. The van der Waals surface area contributed by atoms with Gasteiger partial charge in [-0.3, -0.25) is 0 Å². The van der Waals surface area contributed by atoms with Crippen molar-refractivity contribution in [3.63, 3.8) is 0 Å². The van der Waals surface area contributed by atoms with Crippen LogP contribution in [0, 0.1) is 23.3 Å². The number of rotatable bonds is 11. The van der Waals surface area contributed by atoms with Gasteiger partial charge in [0.25, 0.3) is 0 Å². The molecule has 0 aromatic heterocycles. The van der Waals surface area contributed by atoms with Crippen LogP contribution in [0.15, 0.2) is 48.5 Å². The lowest BCUT2D eigenvalue weighted by molar-refractivity contribution is 0.550. The van der Waals surface area contributed by atoms with Crippen LogP contribution in [0.5, 0.6) is 0 Å². The van der Waals surface area contributed by atoms with E-state index in [1.807, 2.05) is 19.1 Å². The fourth-order valence-corrected chi connectivity index (χ4v) is 4.14. The Kier molecular flexibility index (Phi) is 9.11. The lowest BCUT2D eigenvalue weighted by Crippen LogP contribution is -2.02. The summed E-state index contributed by atoms with van der Waals surface area (Å²) in [5.74, 6) is -1.61. The molecule has 0 nitrogen and oxygen atoms in total. The summed E-state index contributed by atoms with van der Waals surface area (Å²) >= 11 is 0. The number of hydrogen-bond acceptors (Lipinski definition) is 0. The van der Waals surface area contributed by atoms with E-state index in [0.29, 0.717) is 42.4 Å². The van der Waals surface area contributed by atoms with Gasteiger partial charge in [0.05, 0.1) is 0 Å². The van der Waals surface area contributed by atoms with Gasteiger partial charge in [-0.05, 0) is 97.0 Å². The van der Waals surface area contributed by atoms with Gasteiger partial charge in [-0.1, -0.05) is 51.0 Å². The van der Waals surface area contributed by atoms with Gasteiger partial charge in [-0.2, -0.15) is 0 Å². The summed E-state index contributed by atoms with van der Waals surface area (Å²) in [4.78, 5) is 0. The molecule has 0 bridgehead atoms. The molecule has 0 unspecified atom stereocenters. The van der Waals surface area contributed by atoms with E-state index >= 15 is 0 Å². The molecule has 3 aromatic rings. The predicted octanol–water partition coefficient (Wildman–Crippen LogP) is 8.11. The van der Waals surface area contributed by atoms with Crippen LogP contribution in [0.4, 0.5) is 17.6 Å². The molecule has 0 fully saturated rings. The van der Waals surface area contributed by atoms with Crippen LogP contribution in [0.3, 0.4) is 0 Å². The molecule has 0 amide bonds. The third-order valence-electron chi connectivity index (χ3n) is 6.12. The number of unbranched alkanes of at least 4 members (excludes halogenated alkanes) is 1. The highest BCUT2D eigenvalue weighted by Crippen LogP contribution is 2.21. The molecule has 0 aliphatic heterocycles. The second kappa shape index (κ2) is 12.0. The van der Waals surface area contributed by atoms with Crippen molar-refractivity contribution in [1.29, 1.82) is 0 Å². The first-order chi connectivity index (χ1) is 15.9. The van der Waals surface area contributed by atoms with E-state index in [9.17, 15) is 17.6 Å². The van der Waals surface area contributed by atoms with Gasteiger partial charge in [0.1, 0.15) is 23.3 Å². The van der Waals surface area contributed by atoms with E-state index in [2.05, 4.69) is 6.92 Å². The van der Waals surface area contributed by atoms with Gasteiger partial charge < -0.3 is 0 Å². The maximum Gasteiger partial charge on any atom is 0.129 e. The molecular weight excluding hydrogens is 424 g/mol. The Balaban J connectivity index is 1.60. The Morgan fingerprint density at radius 3 is 1.52 bits per heavy atom. The lowest BCUT2D eigenvalue weighted by atomic mass is 9.97. The van der Waals surface area contributed by atoms with Crippen molar-refractivity contribution in [2.75, 3.05) is 0 Å². The molecule has 33 heavy (non-hydrogen) atoms. The van der Waals surface area contributed by atoms with Gasteiger partial charge in [0, 0.05) is 5.56 Å². The summed E-state index contributed by atoms with van der Waals surface area (Å²) in [6.07, 6.45) is 5.69. The van der Waals surface area contributed by atoms with E-state index in [-0.39, 0.29) is 23.6 Å². The van der Waals surface area contributed by atoms with Crippen molar-refractivity contribution in [3.8, 4) is 0 Å². The van der Waals surface area contributed by atoms with Crippen LogP contribution in [-0.4, -0.2) is 0 Å². The zero-order valence-electron chi connectivity index (χ0n) is 19.5. The predicted molar refractivity (Wildman–Crippen MR) is 127 cm³/mol. The van der Waals surface area contributed by atoms with Crippen molar-refractivity contribution in [3.05, 3.63) is 105 Å². The fraction of sp³-hybridized carbons (Fsp3) is 0.379. The minimum absolute atomic E-state index is 0.0451. The zero-order chi connectivity index (χ0) is 23.8. The molecule has 0 saturated heterocycles. The van der Waals surface area contributed by atoms with Crippen LogP contribution in [0.2, 0.25) is 0 Å². The molecule has 0 aliphatic rings. The Hall–Kier alpha value is -2.62. The standard InChI is InChI=1S/C29H32F4/c1-3-5-7-23-12-8-20(16-26(23)30)9-13-24-14-10-21(17-27(24)31)11-15-25-28(32)18-22(6-4-2)19-29(25)33/h8,10,12,14,16-19H,3-7,9,11,13,15H2,1-2H3. The highest BCUT2D eigenvalue weighted by Gasteiger charge is 2.12. The summed E-state index contributed by atoms with van der Waals surface area (Å²) in [5, 5.41) is 0. The number of hydrogen-bond donors (Lipinski definition) is 0. The molecular formula is C29H32F4. The van der Waals surface area contributed by atoms with Crippen molar-refractivity contribution < 1.29 is 17.6 Å². The maximum absolute atomic E-state index is 14.6. The Morgan fingerprint density at radius 2 is 1.00 bits per heavy atom. The Labute approximate surface area is 194 Å². The monoisotopic (exact) mass is 456 g/mol. The minimum Gasteiger partial charge on any atom is -0.207 e. The highest BCUT2D eigenvalue weighted by atomic mass is 19.1. The summed E-state index contributed by atoms with van der Waals surface area (Å²) < 4.78 is 57.5. The van der Waals surface area contributed by atoms with Crippen LogP contribution < -0.4 is 0 Å². The molecule has 3 rings (SSSR count). The molecule has 0 aliphatic carbocycles. The summed E-state index contributed by atoms with van der Waals surface area (Å²) in [6.45, 7) is 4.04. The van der Waals surface area contributed by atoms with Crippen LogP contribution in [0.1, 0.15) is 66.5 Å². The lowest BCUT2D eigenvalue weighted by Gasteiger charge is -2.10. The highest BCUT2D eigenvalue weighted by molar-refractivity contribution is 5.30. The molecule has 0 heterocycles. The van der Waals surface area contributed by atoms with Gasteiger partial charge in [0.2, 0.25) is 0 Å². The number of halogens is 4. The Morgan fingerprint density at radius 1 is 0.485 bits per heavy atom. The molecule has 176 valence electrons. The minimum atomic E-state index is -0.538. The van der Waals surface area contributed by atoms with Crippen molar-refractivity contribution in [2.24, 2.45) is 0 Å². The molecule has 4 heteroatoms. The van der Waals surface area contributed by atoms with E-state index in [4.69, 9.17) is 0 Å². The van der Waals surface area contributed by atoms with Gasteiger partial charge in [-0.15, -0.1) is 0 Å². The Bertz CT molecular complexity index is 1050. The topological polar surface area (TPSA) is 0 Å². The average Bonchev–Trinajstić information content (AvgIpc) is 2.77. The summed E-state index contributed by atoms with van der Waals surface area (Å²) in [5.41, 5.74) is 3.51. The van der Waals surface area contributed by atoms with Crippen molar-refractivity contribution in [1.82, 2.24) is 0 Å². The third kappa shape index (κ3) is 6.93. The van der Waals surface area contributed by atoms with Gasteiger partial charge >= 0.3 is 0 Å². The van der Waals surface area contributed by atoms with E-state index < -0.39 is 11.6 Å². The van der Waals surface area contributed by atoms with Crippen molar-refractivity contribution in [2.45, 2.75) is 71.6 Å². The molecule has 0 radical (unpaired) electrons. The second-order valence-corrected chi connectivity index (χ2v) is 8.74. The summed E-state index contributed by atoms with van der Waals surface area (Å²) in [6, 6.07) is 13.0. The first-order valence-corrected chi connectivity index (χ1v) is 11.9. The number of benzene rings is 3. The number of aryl methyl sites for hydroxylation is 5. The van der Waals surface area contributed by atoms with Crippen molar-refractivity contribution >= 4 is 0 Å². The maximum atomic E-state index is 14.6. The average molecular weight is 457 g/mol. The van der Waals surface area contributed by atoms with Crippen LogP contribution in [-0.2, 0) is 38.5 Å². The normalized spacial score (nSPS) is 11.2. The molecule has 0 atom stereocenters. The second-order valence-electron chi connectivity index (χ2n) is 8.74. The quantitative estimate of drug-likeness (QED) is 0.256. The van der Waals surface area contributed by atoms with Gasteiger partial charge in [0.15, 0.2) is 0 Å². The SMILES string of the molecule is CCCCc1ccc(CCc2ccc(CCc3c(F)cc(CCC)cc3F)cc2F)cc1F. The fourth-order valence-electron chi connectivity index (χ4n) is 4.14. The van der Waals surface area contributed by atoms with E-state index in [1.165, 1.54) is 18.2 Å². The van der Waals surface area contributed by atoms with E-state index in [0.717, 1.165) is 36.8 Å². The van der Waals surface area contributed by atoms with Gasteiger partial charge in [-0.25, -0.2) is 17.6 Å². The largest absolute Gasteiger partial charge is 0.207 e. The molecule has 0 spiro atoms. The smallest absolute Gasteiger partial charge is 0.129 e. The first-order valence-electron chi connectivity index (χ1n) is 11.9. The molecule has 0 saturated carbocycles. The van der Waals surface area contributed by atoms with E-state index in [1.54, 1.807) is 18.2 Å². The summed E-state index contributed by atoms with van der Waals surface area (Å²) in [7, 11) is 0. The van der Waals surface area contributed by atoms with Crippen LogP contribution in [0.25, 0.3) is 0 Å². The van der Waals surface area contributed by atoms with Crippen LogP contribution >= 0.6 is 0 Å².